The van der Waals surface area contributed by atoms with Gasteiger partial charge in [-0.25, -0.2) is 0 Å². The van der Waals surface area contributed by atoms with Crippen molar-refractivity contribution in [1.82, 2.24) is 4.98 Å². The van der Waals surface area contributed by atoms with E-state index in [1.165, 1.54) is 0 Å². The lowest BCUT2D eigenvalue weighted by atomic mass is 10.1. The van der Waals surface area contributed by atoms with Crippen LogP contribution in [0.1, 0.15) is 24.1 Å². The second-order valence-corrected chi connectivity index (χ2v) is 4.34. The van der Waals surface area contributed by atoms with E-state index < -0.39 is 0 Å². The number of aromatic nitrogens is 1. The van der Waals surface area contributed by atoms with Crippen molar-refractivity contribution in [2.75, 3.05) is 7.11 Å². The largest absolute Gasteiger partial charge is 0.497 e. The molecular formula is C15H18N2O2. The Hall–Kier alpha value is -2.07. The summed E-state index contributed by atoms with van der Waals surface area (Å²) >= 11 is 0. The highest BCUT2D eigenvalue weighted by molar-refractivity contribution is 5.42. The molecule has 1 atom stereocenters. The number of benzene rings is 1. The van der Waals surface area contributed by atoms with E-state index in [0.717, 1.165) is 22.6 Å². The van der Waals surface area contributed by atoms with Crippen molar-refractivity contribution in [1.29, 1.82) is 0 Å². The van der Waals surface area contributed by atoms with E-state index >= 15 is 0 Å². The maximum absolute atomic E-state index is 5.94. The predicted octanol–water partition coefficient (Wildman–Crippen LogP) is 2.69. The predicted molar refractivity (Wildman–Crippen MR) is 74.2 cm³/mol. The van der Waals surface area contributed by atoms with Crippen LogP contribution in [0, 0.1) is 0 Å². The molecule has 0 amide bonds. The number of ether oxygens (including phenoxy) is 2. The van der Waals surface area contributed by atoms with E-state index in [0.29, 0.717) is 6.61 Å². The maximum atomic E-state index is 5.94. The number of methoxy groups -OCH3 is 1. The lowest BCUT2D eigenvalue weighted by molar-refractivity contribution is 0.298. The van der Waals surface area contributed by atoms with Gasteiger partial charge in [0.15, 0.2) is 0 Å². The van der Waals surface area contributed by atoms with Crippen molar-refractivity contribution in [2.45, 2.75) is 19.6 Å². The Labute approximate surface area is 113 Å². The molecule has 4 heteroatoms. The van der Waals surface area contributed by atoms with Crippen molar-refractivity contribution in [3.63, 3.8) is 0 Å². The van der Waals surface area contributed by atoms with Gasteiger partial charge >= 0.3 is 0 Å². The molecule has 0 saturated heterocycles. The van der Waals surface area contributed by atoms with E-state index in [1.807, 2.05) is 37.3 Å². The topological polar surface area (TPSA) is 57.4 Å². The Bertz CT molecular complexity index is 527. The smallest absolute Gasteiger partial charge is 0.128 e. The maximum Gasteiger partial charge on any atom is 0.128 e. The number of hydrogen-bond donors (Lipinski definition) is 1. The van der Waals surface area contributed by atoms with Gasteiger partial charge in [0.05, 0.1) is 7.11 Å². The third-order valence-corrected chi connectivity index (χ3v) is 2.83. The van der Waals surface area contributed by atoms with Crippen LogP contribution in [0.15, 0.2) is 42.7 Å². The van der Waals surface area contributed by atoms with Gasteiger partial charge < -0.3 is 15.2 Å². The number of nitrogens with zero attached hydrogens (tertiary/aromatic N) is 1. The molecule has 100 valence electrons. The summed E-state index contributed by atoms with van der Waals surface area (Å²) < 4.78 is 11.0. The molecule has 0 aliphatic carbocycles. The second-order valence-electron chi connectivity index (χ2n) is 4.34. The highest BCUT2D eigenvalue weighted by atomic mass is 16.5. The van der Waals surface area contributed by atoms with Crippen LogP contribution < -0.4 is 15.2 Å². The molecular weight excluding hydrogens is 240 g/mol. The van der Waals surface area contributed by atoms with Crippen molar-refractivity contribution in [3.05, 3.63) is 53.9 Å². The molecule has 0 radical (unpaired) electrons. The first kappa shape index (κ1) is 13.4. The van der Waals surface area contributed by atoms with Gasteiger partial charge in [0.25, 0.3) is 0 Å². The molecule has 19 heavy (non-hydrogen) atoms. The zero-order valence-electron chi connectivity index (χ0n) is 11.2. The lowest BCUT2D eigenvalue weighted by Gasteiger charge is -2.15. The fraction of sp³-hybridized carbons (Fsp3) is 0.267. The van der Waals surface area contributed by atoms with Crippen molar-refractivity contribution >= 4 is 0 Å². The fourth-order valence-electron chi connectivity index (χ4n) is 1.79. The number of nitrogens with two attached hydrogens (primary N) is 1. The van der Waals surface area contributed by atoms with Crippen LogP contribution in [-0.4, -0.2) is 12.1 Å². The number of hydrogen-bond acceptors (Lipinski definition) is 4. The molecule has 0 aliphatic heterocycles. The van der Waals surface area contributed by atoms with Crippen LogP contribution in [0.2, 0.25) is 0 Å². The number of rotatable bonds is 5. The minimum atomic E-state index is -0.0881. The molecule has 2 N–H and O–H groups in total. The van der Waals surface area contributed by atoms with Gasteiger partial charge in [-0.1, -0.05) is 12.1 Å². The van der Waals surface area contributed by atoms with Crippen LogP contribution in [0.3, 0.4) is 0 Å². The van der Waals surface area contributed by atoms with Crippen molar-refractivity contribution in [2.24, 2.45) is 5.73 Å². The first-order chi connectivity index (χ1) is 9.20. The molecule has 0 spiro atoms. The second kappa shape index (κ2) is 6.20. The Kier molecular flexibility index (Phi) is 4.36. The normalized spacial score (nSPS) is 11.9. The van der Waals surface area contributed by atoms with E-state index in [4.69, 9.17) is 15.2 Å². The molecule has 0 bridgehead atoms. The SMILES string of the molecule is COc1ccc(C(C)N)c(OCc2cccnc2)c1. The zero-order valence-corrected chi connectivity index (χ0v) is 11.2. The van der Waals surface area contributed by atoms with Gasteiger partial charge in [-0.15, -0.1) is 0 Å². The summed E-state index contributed by atoms with van der Waals surface area (Å²) in [6.07, 6.45) is 3.52. The summed E-state index contributed by atoms with van der Waals surface area (Å²) in [6, 6.07) is 9.44. The third-order valence-electron chi connectivity index (χ3n) is 2.83. The van der Waals surface area contributed by atoms with E-state index in [1.54, 1.807) is 19.5 Å². The highest BCUT2D eigenvalue weighted by Gasteiger charge is 2.10. The molecule has 1 aromatic heterocycles. The van der Waals surface area contributed by atoms with Gasteiger partial charge in [0.1, 0.15) is 18.1 Å². The van der Waals surface area contributed by atoms with E-state index in [9.17, 15) is 0 Å². The molecule has 1 unspecified atom stereocenters. The first-order valence-corrected chi connectivity index (χ1v) is 6.16. The standard InChI is InChI=1S/C15H18N2O2/c1-11(16)14-6-5-13(18-2)8-15(14)19-10-12-4-3-7-17-9-12/h3-9,11H,10,16H2,1-2H3. The van der Waals surface area contributed by atoms with Crippen LogP contribution in [0.25, 0.3) is 0 Å². The molecule has 0 aliphatic rings. The molecule has 0 fully saturated rings. The monoisotopic (exact) mass is 258 g/mol. The molecule has 1 heterocycles. The molecule has 4 nitrogen and oxygen atoms in total. The minimum Gasteiger partial charge on any atom is -0.497 e. The molecule has 0 saturated carbocycles. The van der Waals surface area contributed by atoms with Crippen molar-refractivity contribution < 1.29 is 9.47 Å². The fourth-order valence-corrected chi connectivity index (χ4v) is 1.79. The van der Waals surface area contributed by atoms with Gasteiger partial charge in [-0.3, -0.25) is 4.98 Å². The van der Waals surface area contributed by atoms with Gasteiger partial charge in [0, 0.05) is 35.6 Å². The zero-order chi connectivity index (χ0) is 13.7. The molecule has 2 aromatic rings. The summed E-state index contributed by atoms with van der Waals surface area (Å²) in [6.45, 7) is 2.39. The minimum absolute atomic E-state index is 0.0881. The molecule has 1 aromatic carbocycles. The Morgan fingerprint density at radius 1 is 1.32 bits per heavy atom. The summed E-state index contributed by atoms with van der Waals surface area (Å²) in [7, 11) is 1.63. The lowest BCUT2D eigenvalue weighted by Crippen LogP contribution is -2.08. The Morgan fingerprint density at radius 3 is 2.79 bits per heavy atom. The van der Waals surface area contributed by atoms with Crippen LogP contribution in [-0.2, 0) is 6.61 Å². The Balaban J connectivity index is 2.18. The number of pyridine rings is 1. The summed E-state index contributed by atoms with van der Waals surface area (Å²) in [5.74, 6) is 1.50. The van der Waals surface area contributed by atoms with Crippen LogP contribution in [0.4, 0.5) is 0 Å². The average Bonchev–Trinajstić information content (AvgIpc) is 2.45. The summed E-state index contributed by atoms with van der Waals surface area (Å²) in [5, 5.41) is 0. The first-order valence-electron chi connectivity index (χ1n) is 6.16. The van der Waals surface area contributed by atoms with Crippen molar-refractivity contribution in [3.8, 4) is 11.5 Å². The van der Waals surface area contributed by atoms with Gasteiger partial charge in [0.2, 0.25) is 0 Å². The quantitative estimate of drug-likeness (QED) is 0.895. The average molecular weight is 258 g/mol. The summed E-state index contributed by atoms with van der Waals surface area (Å²) in [5.41, 5.74) is 7.92. The van der Waals surface area contributed by atoms with Gasteiger partial charge in [-0.2, -0.15) is 0 Å². The third kappa shape index (κ3) is 3.45. The summed E-state index contributed by atoms with van der Waals surface area (Å²) in [4.78, 5) is 4.06. The Morgan fingerprint density at radius 2 is 2.16 bits per heavy atom. The van der Waals surface area contributed by atoms with Crippen LogP contribution >= 0.6 is 0 Å². The van der Waals surface area contributed by atoms with E-state index in [2.05, 4.69) is 4.98 Å². The highest BCUT2D eigenvalue weighted by Crippen LogP contribution is 2.29. The van der Waals surface area contributed by atoms with Crippen LogP contribution in [0.5, 0.6) is 11.5 Å². The van der Waals surface area contributed by atoms with E-state index in [-0.39, 0.29) is 6.04 Å². The molecule has 2 rings (SSSR count). The van der Waals surface area contributed by atoms with Gasteiger partial charge in [-0.05, 0) is 19.1 Å².